The molecule has 2 amide bonds. The van der Waals surface area contributed by atoms with Crippen LogP contribution in [0, 0.1) is 0 Å². The van der Waals surface area contributed by atoms with Crippen LogP contribution < -0.4 is 20.9 Å². The Morgan fingerprint density at radius 2 is 1.35 bits per heavy atom. The molecule has 3 N–H and O–H groups in total. The van der Waals surface area contributed by atoms with Crippen molar-refractivity contribution >= 4 is 57.1 Å². The number of carbonyl (C=O) groups excluding carboxylic acids is 6. The predicted molar refractivity (Wildman–Crippen MR) is 222 cm³/mol. The third-order valence-corrected chi connectivity index (χ3v) is 11.8. The Morgan fingerprint density at radius 1 is 0.783 bits per heavy atom. The maximum Gasteiger partial charge on any atom is 0.319 e. The zero-order chi connectivity index (χ0) is 44.8. The first-order chi connectivity index (χ1) is 28.2. The van der Waals surface area contributed by atoms with Gasteiger partial charge in [0.25, 0.3) is 0 Å². The molecule has 18 heteroatoms. The topological polar surface area (TPSA) is 222 Å². The Morgan fingerprint density at radius 3 is 1.88 bits per heavy atom. The van der Waals surface area contributed by atoms with E-state index in [-0.39, 0.29) is 10.6 Å². The highest BCUT2D eigenvalue weighted by Gasteiger charge is 2.45. The lowest BCUT2D eigenvalue weighted by atomic mass is 9.86. The van der Waals surface area contributed by atoms with Crippen molar-refractivity contribution in [2.45, 2.75) is 128 Å². The molecule has 0 saturated heterocycles. The average Bonchev–Trinajstić information content (AvgIpc) is 3.25. The molecule has 0 fully saturated rings. The van der Waals surface area contributed by atoms with Gasteiger partial charge in [-0.15, -0.1) is 0 Å². The van der Waals surface area contributed by atoms with Gasteiger partial charge in [0.15, 0.2) is 34.3 Å². The van der Waals surface area contributed by atoms with Gasteiger partial charge in [-0.05, 0) is 54.3 Å². The van der Waals surface area contributed by atoms with Gasteiger partial charge in [0, 0.05) is 65.6 Å². The van der Waals surface area contributed by atoms with Gasteiger partial charge < -0.3 is 39.2 Å². The molecule has 17 nitrogen and oxygen atoms in total. The number of hydrogen-bond donors (Lipinski definition) is 3. The molecule has 0 saturated carbocycles. The lowest BCUT2D eigenvalue weighted by Gasteiger charge is -2.37. The molecule has 5 atom stereocenters. The first kappa shape index (κ1) is 49.1. The average molecular weight is 861 g/mol. The van der Waals surface area contributed by atoms with Gasteiger partial charge in [0.05, 0.1) is 23.2 Å². The number of amides is 2. The van der Waals surface area contributed by atoms with Crippen LogP contribution in [0.4, 0.5) is 16.2 Å². The van der Waals surface area contributed by atoms with Crippen molar-refractivity contribution in [1.82, 2.24) is 10.6 Å². The van der Waals surface area contributed by atoms with Crippen molar-refractivity contribution in [2.24, 2.45) is 0 Å². The van der Waals surface area contributed by atoms with Crippen LogP contribution in [0.25, 0.3) is 0 Å². The molecule has 0 unspecified atom stereocenters. The van der Waals surface area contributed by atoms with E-state index in [2.05, 4.69) is 29.8 Å². The normalized spacial score (nSPS) is 17.2. The molecule has 0 aromatic heterocycles. The number of nitrogens with zero attached hydrogens (tertiary/aromatic N) is 1. The van der Waals surface area contributed by atoms with Crippen molar-refractivity contribution in [3.63, 3.8) is 0 Å². The number of sulfone groups is 1. The second kappa shape index (κ2) is 22.4. The molecule has 0 spiro atoms. The van der Waals surface area contributed by atoms with Gasteiger partial charge in [0.1, 0.15) is 6.61 Å². The minimum absolute atomic E-state index is 0.0628. The standard InChI is InChI=1S/C42H60N4O13S/c1-10-12-19-42(20-13-11-2)25-60(53,54)37-18-17-33(46(8)9)22-34(37)38(45-42)31-15-14-16-32(21-31)44-41(52)43-23-35(56-27(4)48)39(58-29(6)50)40(59-30(7)51)36(57-28(5)49)24-55-26(3)47/h14-18,21-22,35-36,38-40,45H,10-13,19-20,23-25H2,1-9H3,(H2,43,44,52)/t35-,36+,38+,39+,40+/m0/s1. The van der Waals surface area contributed by atoms with E-state index < -0.39 is 94.9 Å². The van der Waals surface area contributed by atoms with E-state index in [9.17, 15) is 37.2 Å². The van der Waals surface area contributed by atoms with E-state index in [0.717, 1.165) is 66.0 Å². The summed E-state index contributed by atoms with van der Waals surface area (Å²) in [6, 6.07) is 11.0. The second-order valence-electron chi connectivity index (χ2n) is 15.1. The minimum Gasteiger partial charge on any atom is -0.462 e. The van der Waals surface area contributed by atoms with Crippen LogP contribution in [0.15, 0.2) is 47.4 Å². The molecular formula is C42H60N4O13S. The molecule has 2 aromatic carbocycles. The minimum atomic E-state index is -3.73. The lowest BCUT2D eigenvalue weighted by molar-refractivity contribution is -0.202. The quantitative estimate of drug-likeness (QED) is 0.121. The zero-order valence-electron chi connectivity index (χ0n) is 36.0. The summed E-state index contributed by atoms with van der Waals surface area (Å²) >= 11 is 0. The number of hydrogen-bond acceptors (Lipinski definition) is 15. The smallest absolute Gasteiger partial charge is 0.319 e. The molecule has 0 aliphatic carbocycles. The summed E-state index contributed by atoms with van der Waals surface area (Å²) in [5.41, 5.74) is 1.71. The Kier molecular flexibility index (Phi) is 18.3. The third kappa shape index (κ3) is 14.5. The second-order valence-corrected chi connectivity index (χ2v) is 17.1. The highest BCUT2D eigenvalue weighted by Crippen LogP contribution is 2.40. The number of ether oxygens (including phenoxy) is 5. The summed E-state index contributed by atoms with van der Waals surface area (Å²) in [4.78, 5) is 76.5. The van der Waals surface area contributed by atoms with Crippen molar-refractivity contribution in [3.05, 3.63) is 53.6 Å². The van der Waals surface area contributed by atoms with Gasteiger partial charge in [-0.2, -0.15) is 0 Å². The molecule has 1 aliphatic heterocycles. The molecule has 2 aromatic rings. The fraction of sp³-hybridized carbons (Fsp3) is 0.571. The highest BCUT2D eigenvalue weighted by molar-refractivity contribution is 7.91. The van der Waals surface area contributed by atoms with E-state index in [1.165, 1.54) is 0 Å². The van der Waals surface area contributed by atoms with Crippen LogP contribution in [0.5, 0.6) is 0 Å². The maximum absolute atomic E-state index is 14.2. The number of unbranched alkanes of at least 4 members (excludes halogenated alkanes) is 2. The van der Waals surface area contributed by atoms with Crippen LogP contribution in [-0.4, -0.2) is 107 Å². The Labute approximate surface area is 352 Å². The van der Waals surface area contributed by atoms with Crippen molar-refractivity contribution < 1.29 is 60.9 Å². The summed E-state index contributed by atoms with van der Waals surface area (Å²) < 4.78 is 55.1. The van der Waals surface area contributed by atoms with Crippen LogP contribution >= 0.6 is 0 Å². The van der Waals surface area contributed by atoms with Gasteiger partial charge in [0.2, 0.25) is 0 Å². The van der Waals surface area contributed by atoms with Crippen LogP contribution in [-0.2, 0) is 57.5 Å². The largest absolute Gasteiger partial charge is 0.462 e. The number of esters is 5. The predicted octanol–water partition coefficient (Wildman–Crippen LogP) is 4.75. The number of fused-ring (bicyclic) bond motifs is 1. The van der Waals surface area contributed by atoms with E-state index in [1.54, 1.807) is 30.3 Å². The molecule has 1 heterocycles. The summed E-state index contributed by atoms with van der Waals surface area (Å²) in [7, 11) is 0.0248. The summed E-state index contributed by atoms with van der Waals surface area (Å²) in [6.45, 7) is 8.31. The van der Waals surface area contributed by atoms with E-state index in [1.807, 2.05) is 31.1 Å². The SMILES string of the molecule is CCCCC1(CCCC)CS(=O)(=O)c2ccc(N(C)C)cc2[C@@H](c2cccc(NC(=O)NC[C@H](OC(C)=O)[C@@H](OC(C)=O)[C@H](OC(C)=O)[C@@H](COC(C)=O)OC(C)=O)c2)N1. The summed E-state index contributed by atoms with van der Waals surface area (Å²) in [5, 5.41) is 9.16. The first-order valence-electron chi connectivity index (χ1n) is 20.0. The number of urea groups is 1. The Balaban J connectivity index is 2.03. The number of anilines is 2. The van der Waals surface area contributed by atoms with Crippen molar-refractivity contribution in [2.75, 3.05) is 43.2 Å². The van der Waals surface area contributed by atoms with Gasteiger partial charge in [-0.25, -0.2) is 13.2 Å². The van der Waals surface area contributed by atoms with E-state index in [0.29, 0.717) is 29.7 Å². The number of rotatable bonds is 20. The zero-order valence-corrected chi connectivity index (χ0v) is 36.8. The van der Waals surface area contributed by atoms with Gasteiger partial charge >= 0.3 is 35.9 Å². The molecule has 0 bridgehead atoms. The van der Waals surface area contributed by atoms with E-state index >= 15 is 0 Å². The first-order valence-corrected chi connectivity index (χ1v) is 21.6. The van der Waals surface area contributed by atoms with Gasteiger partial charge in [-0.1, -0.05) is 51.7 Å². The van der Waals surface area contributed by atoms with Crippen LogP contribution in [0.3, 0.4) is 0 Å². The molecule has 60 heavy (non-hydrogen) atoms. The van der Waals surface area contributed by atoms with Crippen molar-refractivity contribution in [3.8, 4) is 0 Å². The highest BCUT2D eigenvalue weighted by atomic mass is 32.2. The third-order valence-electron chi connectivity index (χ3n) is 9.78. The fourth-order valence-electron chi connectivity index (χ4n) is 7.20. The monoisotopic (exact) mass is 860 g/mol. The van der Waals surface area contributed by atoms with Gasteiger partial charge in [-0.3, -0.25) is 29.3 Å². The molecular weight excluding hydrogens is 801 g/mol. The Hall–Kier alpha value is -5.23. The Bertz CT molecular complexity index is 1950. The lowest BCUT2D eigenvalue weighted by Crippen LogP contribution is -2.55. The number of nitrogens with one attached hydrogen (secondary N) is 3. The maximum atomic E-state index is 14.2. The number of carbonyl (C=O) groups is 6. The summed E-state index contributed by atoms with van der Waals surface area (Å²) in [5.74, 6) is -4.35. The summed E-state index contributed by atoms with van der Waals surface area (Å²) in [6.07, 6.45) is -1.68. The van der Waals surface area contributed by atoms with Crippen molar-refractivity contribution in [1.29, 1.82) is 0 Å². The van der Waals surface area contributed by atoms with Crippen LogP contribution in [0.2, 0.25) is 0 Å². The molecule has 3 rings (SSSR count). The number of benzene rings is 2. The van der Waals surface area contributed by atoms with E-state index in [4.69, 9.17) is 23.7 Å². The molecule has 1 aliphatic rings. The fourth-order valence-corrected chi connectivity index (χ4v) is 9.27. The van der Waals surface area contributed by atoms with Crippen LogP contribution in [0.1, 0.15) is 104 Å². The molecule has 332 valence electrons. The molecule has 0 radical (unpaired) electrons.